The van der Waals surface area contributed by atoms with E-state index in [1.54, 1.807) is 51.8 Å². The van der Waals surface area contributed by atoms with Gasteiger partial charge in [-0.05, 0) is 88.9 Å². The molecule has 0 unspecified atom stereocenters. The Balaban J connectivity index is 1.29. The van der Waals surface area contributed by atoms with Gasteiger partial charge in [-0.25, -0.2) is 9.97 Å². The first-order chi connectivity index (χ1) is 25.5. The molecule has 0 saturated heterocycles. The minimum Gasteiger partial charge on any atom is -0.366 e. The molecule has 0 fully saturated rings. The SMILES string of the molecule is CCn1nc(C)c2c1C(=O)Nc1nc3cc(C(N)=O)ccc3n1CCCCn1c(nc3cc(C(N)=O)ccc31)NC(=O)c1cc(C)nn1CC/C=C/C2. The number of aryl methyl sites for hydroxylation is 6. The average Bonchev–Trinajstić information content (AvgIpc) is 3.86. The predicted molar refractivity (Wildman–Crippen MR) is 199 cm³/mol. The maximum absolute atomic E-state index is 14.1. The van der Waals surface area contributed by atoms with E-state index in [9.17, 15) is 19.2 Å². The van der Waals surface area contributed by atoms with Crippen LogP contribution in [-0.2, 0) is 32.6 Å². The Morgan fingerprint density at radius 2 is 1.36 bits per heavy atom. The molecule has 0 saturated carbocycles. The molecule has 5 heterocycles. The molecular formula is C37H40N12O4. The van der Waals surface area contributed by atoms with Crippen LogP contribution in [0.25, 0.3) is 22.1 Å². The van der Waals surface area contributed by atoms with Crippen molar-refractivity contribution in [3.8, 4) is 0 Å². The lowest BCUT2D eigenvalue weighted by Gasteiger charge is -2.13. The Morgan fingerprint density at radius 3 is 1.92 bits per heavy atom. The number of anilines is 2. The van der Waals surface area contributed by atoms with Crippen LogP contribution in [0.5, 0.6) is 0 Å². The average molecular weight is 717 g/mol. The number of nitrogens with zero attached hydrogens (tertiary/aromatic N) is 8. The van der Waals surface area contributed by atoms with Crippen molar-refractivity contribution in [1.82, 2.24) is 38.7 Å². The summed E-state index contributed by atoms with van der Waals surface area (Å²) in [5.41, 5.74) is 17.3. The lowest BCUT2D eigenvalue weighted by atomic mass is 10.1. The molecule has 6 N–H and O–H groups in total. The van der Waals surface area contributed by atoms with Crippen molar-refractivity contribution >= 4 is 57.6 Å². The summed E-state index contributed by atoms with van der Waals surface area (Å²) >= 11 is 0. The first-order valence-corrected chi connectivity index (χ1v) is 17.5. The molecule has 6 aromatic rings. The third kappa shape index (κ3) is 6.78. The van der Waals surface area contributed by atoms with Gasteiger partial charge in [0.25, 0.3) is 11.8 Å². The Morgan fingerprint density at radius 1 is 0.774 bits per heavy atom. The Bertz CT molecular complexity index is 2460. The number of fused-ring (bicyclic) bond motifs is 8. The van der Waals surface area contributed by atoms with Crippen LogP contribution in [0.3, 0.4) is 0 Å². The van der Waals surface area contributed by atoms with Crippen LogP contribution in [-0.4, -0.2) is 62.3 Å². The number of amides is 4. The highest BCUT2D eigenvalue weighted by atomic mass is 16.2. The number of allylic oxidation sites excluding steroid dienone is 2. The van der Waals surface area contributed by atoms with Crippen LogP contribution in [0.1, 0.15) is 84.8 Å². The number of carbonyl (C=O) groups excluding carboxylic acids is 4. The highest BCUT2D eigenvalue weighted by Crippen LogP contribution is 2.26. The lowest BCUT2D eigenvalue weighted by Crippen LogP contribution is -2.21. The number of nitrogens with one attached hydrogen (secondary N) is 2. The number of rotatable bonds is 3. The molecule has 0 bridgehead atoms. The highest BCUT2D eigenvalue weighted by Gasteiger charge is 2.24. The van der Waals surface area contributed by atoms with Crippen molar-refractivity contribution in [1.29, 1.82) is 0 Å². The molecule has 0 radical (unpaired) electrons. The molecule has 0 spiro atoms. The van der Waals surface area contributed by atoms with Crippen LogP contribution in [0.2, 0.25) is 0 Å². The van der Waals surface area contributed by atoms with E-state index in [0.717, 1.165) is 22.3 Å². The molecule has 1 aliphatic rings. The van der Waals surface area contributed by atoms with E-state index < -0.39 is 11.8 Å². The predicted octanol–water partition coefficient (Wildman–Crippen LogP) is 4.10. The zero-order valence-corrected chi connectivity index (χ0v) is 29.7. The van der Waals surface area contributed by atoms with E-state index >= 15 is 0 Å². The van der Waals surface area contributed by atoms with E-state index in [4.69, 9.17) is 21.4 Å². The Labute approximate surface area is 303 Å². The molecule has 53 heavy (non-hydrogen) atoms. The molecule has 272 valence electrons. The second-order valence-electron chi connectivity index (χ2n) is 13.0. The summed E-state index contributed by atoms with van der Waals surface area (Å²) in [7, 11) is 0. The second kappa shape index (κ2) is 14.2. The largest absolute Gasteiger partial charge is 0.366 e. The van der Waals surface area contributed by atoms with Crippen molar-refractivity contribution < 1.29 is 19.2 Å². The van der Waals surface area contributed by atoms with Gasteiger partial charge in [-0.1, -0.05) is 12.2 Å². The zero-order valence-electron chi connectivity index (χ0n) is 29.7. The summed E-state index contributed by atoms with van der Waals surface area (Å²) in [5.74, 6) is -1.23. The number of primary amides is 2. The zero-order chi connectivity index (χ0) is 37.4. The van der Waals surface area contributed by atoms with Crippen LogP contribution in [0.4, 0.5) is 11.9 Å². The van der Waals surface area contributed by atoms with Gasteiger partial charge in [0, 0.05) is 42.9 Å². The van der Waals surface area contributed by atoms with E-state index in [-0.39, 0.29) is 11.8 Å². The first kappa shape index (κ1) is 34.9. The van der Waals surface area contributed by atoms with Crippen molar-refractivity contribution in [2.24, 2.45) is 11.5 Å². The van der Waals surface area contributed by atoms with Gasteiger partial charge in [-0.3, -0.25) is 39.2 Å². The normalized spacial score (nSPS) is 15.1. The molecular weight excluding hydrogens is 676 g/mol. The monoisotopic (exact) mass is 716 g/mol. The van der Waals surface area contributed by atoms with Gasteiger partial charge in [0.15, 0.2) is 0 Å². The van der Waals surface area contributed by atoms with Crippen molar-refractivity contribution in [3.63, 3.8) is 0 Å². The van der Waals surface area contributed by atoms with Gasteiger partial charge in [0.1, 0.15) is 11.4 Å². The van der Waals surface area contributed by atoms with Gasteiger partial charge in [-0.15, -0.1) is 0 Å². The van der Waals surface area contributed by atoms with E-state index in [2.05, 4.69) is 20.8 Å². The Kier molecular flexibility index (Phi) is 9.34. The van der Waals surface area contributed by atoms with Crippen LogP contribution in [0.15, 0.2) is 54.6 Å². The maximum Gasteiger partial charge on any atom is 0.276 e. The summed E-state index contributed by atoms with van der Waals surface area (Å²) < 4.78 is 7.18. The standard InChI is InChI=1S/C37H40N12O4/c1-4-48-31-25(22(3)45-48)10-6-5-7-17-49-30(18-21(2)44-49)34(52)42-36-40-26-19-23(32(38)50)11-13-28(26)46(36)15-8-9-16-47-29-14-12-24(33(39)51)20-27(29)41-37(47)43-35(31)53/h5-6,11-14,18-20H,4,7-10,15-17H2,1-3H3,(H2,38,50)(H2,39,51)(H,40,42,52)(H,41,43,53)/b6-5+. The summed E-state index contributed by atoms with van der Waals surface area (Å²) in [5, 5.41) is 15.2. The van der Waals surface area contributed by atoms with Crippen molar-refractivity contribution in [3.05, 3.63) is 94.1 Å². The van der Waals surface area contributed by atoms with Crippen LogP contribution < -0.4 is 22.1 Å². The van der Waals surface area contributed by atoms with Gasteiger partial charge >= 0.3 is 0 Å². The van der Waals surface area contributed by atoms with Gasteiger partial charge in [0.2, 0.25) is 23.7 Å². The summed E-state index contributed by atoms with van der Waals surface area (Å²) in [4.78, 5) is 61.3. The number of nitrogens with two attached hydrogens (primary N) is 2. The molecule has 0 aliphatic carbocycles. The molecule has 16 nitrogen and oxygen atoms in total. The topological polar surface area (TPSA) is 216 Å². The fourth-order valence-corrected chi connectivity index (χ4v) is 6.84. The molecule has 2 aromatic carbocycles. The first-order valence-electron chi connectivity index (χ1n) is 17.5. The molecule has 0 atom stereocenters. The van der Waals surface area contributed by atoms with Gasteiger partial charge in [0.05, 0.1) is 33.5 Å². The fraction of sp³-hybridized carbons (Fsp3) is 0.297. The van der Waals surface area contributed by atoms with E-state index in [1.807, 2.05) is 42.1 Å². The number of hydrogen-bond acceptors (Lipinski definition) is 8. The Hall–Kier alpha value is -6.58. The molecule has 16 heteroatoms. The third-order valence-electron chi connectivity index (χ3n) is 9.43. The molecule has 1 aliphatic heterocycles. The number of carbonyl (C=O) groups is 4. The minimum atomic E-state index is -0.580. The molecule has 4 amide bonds. The number of aromatic nitrogens is 8. The van der Waals surface area contributed by atoms with E-state index in [0.29, 0.717) is 103 Å². The van der Waals surface area contributed by atoms with Gasteiger partial charge in [-0.2, -0.15) is 10.2 Å². The number of imidazole rings is 2. The molecule has 4 aromatic heterocycles. The van der Waals surface area contributed by atoms with E-state index in [1.165, 1.54) is 0 Å². The van der Waals surface area contributed by atoms with Crippen molar-refractivity contribution in [2.75, 3.05) is 10.6 Å². The lowest BCUT2D eigenvalue weighted by molar-refractivity contribution is 0.0992. The van der Waals surface area contributed by atoms with Crippen molar-refractivity contribution in [2.45, 2.75) is 72.6 Å². The van der Waals surface area contributed by atoms with Gasteiger partial charge < -0.3 is 20.6 Å². The van der Waals surface area contributed by atoms with Crippen LogP contribution in [0, 0.1) is 13.8 Å². The minimum absolute atomic E-state index is 0.306. The number of benzene rings is 2. The quantitative estimate of drug-likeness (QED) is 0.195. The fourth-order valence-electron chi connectivity index (χ4n) is 6.84. The number of hydrogen-bond donors (Lipinski definition) is 4. The maximum atomic E-state index is 14.1. The highest BCUT2D eigenvalue weighted by molar-refractivity contribution is 6.05. The van der Waals surface area contributed by atoms with Crippen LogP contribution >= 0.6 is 0 Å². The summed E-state index contributed by atoms with van der Waals surface area (Å²) in [6, 6.07) is 11.8. The second-order valence-corrected chi connectivity index (χ2v) is 13.0. The summed E-state index contributed by atoms with van der Waals surface area (Å²) in [6.07, 6.45) is 6.29. The molecule has 7 rings (SSSR count). The smallest absolute Gasteiger partial charge is 0.276 e. The third-order valence-corrected chi connectivity index (χ3v) is 9.43. The summed E-state index contributed by atoms with van der Waals surface area (Å²) in [6.45, 7) is 7.51.